The number of nitrogens with one attached hydrogen (secondary N) is 1. The van der Waals surface area contributed by atoms with Crippen LogP contribution in [-0.2, 0) is 4.74 Å². The monoisotopic (exact) mass is 231 g/mol. The van der Waals surface area contributed by atoms with E-state index in [2.05, 4.69) is 25.4 Å². The molecule has 0 bridgehead atoms. The summed E-state index contributed by atoms with van der Waals surface area (Å²) in [6, 6.07) is 3.82. The molecule has 17 heavy (non-hydrogen) atoms. The number of morpholine rings is 1. The van der Waals surface area contributed by atoms with E-state index in [1.807, 2.05) is 12.1 Å². The van der Waals surface area contributed by atoms with Crippen LogP contribution in [0.5, 0.6) is 0 Å². The number of hydrogen-bond acceptors (Lipinski definition) is 6. The Morgan fingerprint density at radius 2 is 1.94 bits per heavy atom. The van der Waals surface area contributed by atoms with E-state index < -0.39 is 0 Å². The molecule has 6 heteroatoms. The second-order valence-corrected chi connectivity index (χ2v) is 3.81. The Morgan fingerprint density at radius 3 is 2.82 bits per heavy atom. The van der Waals surface area contributed by atoms with E-state index in [4.69, 9.17) is 4.74 Å². The standard InChI is InChI=1S/C11H13N5O/c1-2-10(15-16-5-7-17-8-6-16)14-11-9(1)12-3-4-13-11/h1-4H,5-8H2,(H,13,14,15). The summed E-state index contributed by atoms with van der Waals surface area (Å²) in [6.07, 6.45) is 3.31. The largest absolute Gasteiger partial charge is 0.379 e. The third-order valence-electron chi connectivity index (χ3n) is 2.62. The van der Waals surface area contributed by atoms with Gasteiger partial charge in [0.05, 0.1) is 13.2 Å². The molecule has 0 atom stereocenters. The molecule has 1 fully saturated rings. The van der Waals surface area contributed by atoms with Gasteiger partial charge < -0.3 is 10.2 Å². The summed E-state index contributed by atoms with van der Waals surface area (Å²) < 4.78 is 5.28. The van der Waals surface area contributed by atoms with Crippen LogP contribution in [0, 0.1) is 0 Å². The average Bonchev–Trinajstić information content (AvgIpc) is 2.40. The lowest BCUT2D eigenvalue weighted by Crippen LogP contribution is -2.40. The summed E-state index contributed by atoms with van der Waals surface area (Å²) in [5, 5.41) is 2.09. The first-order chi connectivity index (χ1) is 8.42. The number of fused-ring (bicyclic) bond motifs is 1. The molecule has 1 saturated heterocycles. The zero-order valence-electron chi connectivity index (χ0n) is 9.33. The second kappa shape index (κ2) is 4.60. The third kappa shape index (κ3) is 2.32. The van der Waals surface area contributed by atoms with Crippen LogP contribution in [0.2, 0.25) is 0 Å². The van der Waals surface area contributed by atoms with Gasteiger partial charge in [-0.3, -0.25) is 4.98 Å². The van der Waals surface area contributed by atoms with Crippen molar-refractivity contribution in [2.45, 2.75) is 0 Å². The summed E-state index contributed by atoms with van der Waals surface area (Å²) >= 11 is 0. The van der Waals surface area contributed by atoms with Crippen molar-refractivity contribution < 1.29 is 4.74 Å². The fourth-order valence-electron chi connectivity index (χ4n) is 1.75. The summed E-state index contributed by atoms with van der Waals surface area (Å²) in [5.41, 5.74) is 4.71. The van der Waals surface area contributed by atoms with Crippen molar-refractivity contribution in [3.8, 4) is 0 Å². The summed E-state index contributed by atoms with van der Waals surface area (Å²) in [6.45, 7) is 3.22. The molecule has 0 spiro atoms. The maximum Gasteiger partial charge on any atom is 0.180 e. The Labute approximate surface area is 98.6 Å². The van der Waals surface area contributed by atoms with Gasteiger partial charge in [-0.15, -0.1) is 0 Å². The molecule has 0 aliphatic carbocycles. The first kappa shape index (κ1) is 10.4. The zero-order chi connectivity index (χ0) is 11.5. The van der Waals surface area contributed by atoms with Crippen LogP contribution >= 0.6 is 0 Å². The third-order valence-corrected chi connectivity index (χ3v) is 2.62. The Kier molecular flexibility index (Phi) is 2.81. The number of rotatable bonds is 2. The molecular weight excluding hydrogens is 218 g/mol. The van der Waals surface area contributed by atoms with E-state index in [1.54, 1.807) is 12.4 Å². The number of aromatic nitrogens is 3. The molecule has 1 aliphatic heterocycles. The normalized spacial score (nSPS) is 17.2. The van der Waals surface area contributed by atoms with Crippen molar-refractivity contribution in [1.29, 1.82) is 0 Å². The summed E-state index contributed by atoms with van der Waals surface area (Å²) in [4.78, 5) is 12.8. The Bertz CT molecular complexity index is 512. The maximum absolute atomic E-state index is 5.28. The lowest BCUT2D eigenvalue weighted by Gasteiger charge is -2.27. The van der Waals surface area contributed by atoms with Crippen LogP contribution in [0.1, 0.15) is 0 Å². The zero-order valence-corrected chi connectivity index (χ0v) is 9.33. The second-order valence-electron chi connectivity index (χ2n) is 3.81. The quantitative estimate of drug-likeness (QED) is 0.820. The van der Waals surface area contributed by atoms with Crippen molar-refractivity contribution >= 4 is 17.0 Å². The smallest absolute Gasteiger partial charge is 0.180 e. The van der Waals surface area contributed by atoms with Crippen LogP contribution in [-0.4, -0.2) is 46.3 Å². The molecule has 0 aromatic carbocycles. The van der Waals surface area contributed by atoms with E-state index in [9.17, 15) is 0 Å². The first-order valence-electron chi connectivity index (χ1n) is 5.59. The van der Waals surface area contributed by atoms with E-state index >= 15 is 0 Å². The molecule has 0 unspecified atom stereocenters. The summed E-state index contributed by atoms with van der Waals surface area (Å²) in [7, 11) is 0. The molecular formula is C11H13N5O. The minimum atomic E-state index is 0.658. The van der Waals surface area contributed by atoms with Gasteiger partial charge in [0.25, 0.3) is 0 Å². The van der Waals surface area contributed by atoms with Gasteiger partial charge in [-0.1, -0.05) is 0 Å². The van der Waals surface area contributed by atoms with Crippen molar-refractivity contribution in [3.63, 3.8) is 0 Å². The van der Waals surface area contributed by atoms with Gasteiger partial charge in [0.1, 0.15) is 11.3 Å². The average molecular weight is 231 g/mol. The predicted octanol–water partition coefficient (Wildman–Crippen LogP) is 0.684. The highest BCUT2D eigenvalue weighted by molar-refractivity contribution is 5.71. The van der Waals surface area contributed by atoms with Gasteiger partial charge >= 0.3 is 0 Å². The maximum atomic E-state index is 5.28. The molecule has 2 aromatic heterocycles. The predicted molar refractivity (Wildman–Crippen MR) is 63.3 cm³/mol. The van der Waals surface area contributed by atoms with E-state index in [-0.39, 0.29) is 0 Å². The fourth-order valence-corrected chi connectivity index (χ4v) is 1.75. The topological polar surface area (TPSA) is 63.2 Å². The van der Waals surface area contributed by atoms with Gasteiger partial charge in [-0.2, -0.15) is 0 Å². The van der Waals surface area contributed by atoms with Crippen LogP contribution in [0.25, 0.3) is 11.2 Å². The highest BCUT2D eigenvalue weighted by Crippen LogP contribution is 2.11. The van der Waals surface area contributed by atoms with Crippen LogP contribution in [0.3, 0.4) is 0 Å². The number of hydrogen-bond donors (Lipinski definition) is 1. The SMILES string of the molecule is c1cnc2nc(NN3CCOCC3)ccc2n1. The number of nitrogens with zero attached hydrogens (tertiary/aromatic N) is 4. The number of hydrazine groups is 1. The lowest BCUT2D eigenvalue weighted by molar-refractivity contribution is 0.0495. The fraction of sp³-hybridized carbons (Fsp3) is 0.364. The molecule has 1 aliphatic rings. The van der Waals surface area contributed by atoms with Crippen molar-refractivity contribution in [2.75, 3.05) is 31.7 Å². The lowest BCUT2D eigenvalue weighted by atomic mass is 10.4. The van der Waals surface area contributed by atoms with Gasteiger partial charge in [-0.25, -0.2) is 15.0 Å². The Morgan fingerprint density at radius 1 is 1.12 bits per heavy atom. The molecule has 88 valence electrons. The number of anilines is 1. The first-order valence-corrected chi connectivity index (χ1v) is 5.59. The van der Waals surface area contributed by atoms with E-state index in [0.717, 1.165) is 37.6 Å². The molecule has 2 aromatic rings. The minimum Gasteiger partial charge on any atom is -0.379 e. The van der Waals surface area contributed by atoms with Crippen LogP contribution in [0.4, 0.5) is 5.82 Å². The van der Waals surface area contributed by atoms with E-state index in [1.165, 1.54) is 0 Å². The van der Waals surface area contributed by atoms with Gasteiger partial charge in [0.15, 0.2) is 5.65 Å². The number of pyridine rings is 1. The summed E-state index contributed by atoms with van der Waals surface area (Å²) in [5.74, 6) is 0.792. The van der Waals surface area contributed by atoms with Gasteiger partial charge in [0.2, 0.25) is 0 Å². The Hall–Kier alpha value is -1.79. The molecule has 3 rings (SSSR count). The van der Waals surface area contributed by atoms with E-state index in [0.29, 0.717) is 5.65 Å². The molecule has 0 amide bonds. The van der Waals surface area contributed by atoms with Crippen molar-refractivity contribution in [3.05, 3.63) is 24.5 Å². The molecule has 6 nitrogen and oxygen atoms in total. The minimum absolute atomic E-state index is 0.658. The van der Waals surface area contributed by atoms with Crippen LogP contribution < -0.4 is 5.43 Å². The van der Waals surface area contributed by atoms with Crippen molar-refractivity contribution in [1.82, 2.24) is 20.0 Å². The Balaban J connectivity index is 1.80. The molecule has 0 radical (unpaired) electrons. The molecule has 1 N–H and O–H groups in total. The van der Waals surface area contributed by atoms with Gasteiger partial charge in [0, 0.05) is 25.5 Å². The number of ether oxygens (including phenoxy) is 1. The molecule has 3 heterocycles. The highest BCUT2D eigenvalue weighted by Gasteiger charge is 2.10. The van der Waals surface area contributed by atoms with Crippen molar-refractivity contribution in [2.24, 2.45) is 0 Å². The molecule has 0 saturated carbocycles. The van der Waals surface area contributed by atoms with Gasteiger partial charge in [-0.05, 0) is 12.1 Å². The van der Waals surface area contributed by atoms with Crippen LogP contribution in [0.15, 0.2) is 24.5 Å². The highest BCUT2D eigenvalue weighted by atomic mass is 16.5.